The molecular weight excluding hydrogens is 425 g/mol. The van der Waals surface area contributed by atoms with Gasteiger partial charge in [0.15, 0.2) is 11.6 Å². The second-order valence-corrected chi connectivity index (χ2v) is 6.80. The molecule has 0 unspecified atom stereocenters. The summed E-state index contributed by atoms with van der Waals surface area (Å²) in [6, 6.07) is 3.85. The number of nitrogens with one attached hydrogen (secondary N) is 1. The lowest BCUT2D eigenvalue weighted by Gasteiger charge is -2.27. The summed E-state index contributed by atoms with van der Waals surface area (Å²) in [5, 5.41) is 7.63. The van der Waals surface area contributed by atoms with Crippen molar-refractivity contribution in [2.75, 3.05) is 31.6 Å². The number of nitrogens with zero attached hydrogens (tertiary/aromatic N) is 5. The topological polar surface area (TPSA) is 90.8 Å². The molecule has 0 atom stereocenters. The van der Waals surface area contributed by atoms with Gasteiger partial charge in [0.2, 0.25) is 6.41 Å². The zero-order chi connectivity index (χ0) is 23.3. The van der Waals surface area contributed by atoms with Crippen LogP contribution in [0.4, 0.5) is 19.0 Å². The number of amides is 2. The third kappa shape index (κ3) is 7.97. The van der Waals surface area contributed by atoms with Crippen LogP contribution >= 0.6 is 0 Å². The van der Waals surface area contributed by atoms with E-state index in [-0.39, 0.29) is 5.91 Å². The van der Waals surface area contributed by atoms with E-state index < -0.39 is 17.5 Å². The molecule has 1 aromatic heterocycles. The van der Waals surface area contributed by atoms with Gasteiger partial charge >= 0.3 is 0 Å². The monoisotopic (exact) mass is 450 g/mol. The van der Waals surface area contributed by atoms with Crippen molar-refractivity contribution in [3.63, 3.8) is 0 Å². The Kier molecular flexibility index (Phi) is 10.1. The van der Waals surface area contributed by atoms with Crippen molar-refractivity contribution in [2.24, 2.45) is 5.10 Å². The van der Waals surface area contributed by atoms with Crippen LogP contribution in [0, 0.1) is 17.5 Å². The minimum atomic E-state index is -1.16. The Morgan fingerprint density at radius 3 is 2.31 bits per heavy atom. The molecule has 1 fully saturated rings. The van der Waals surface area contributed by atoms with Crippen molar-refractivity contribution in [3.05, 3.63) is 53.7 Å². The first-order valence-electron chi connectivity index (χ1n) is 10.1. The first-order chi connectivity index (χ1) is 15.4. The largest absolute Gasteiger partial charge is 0.357 e. The number of aromatic nitrogens is 2. The Balaban J connectivity index is 0.000000191. The summed E-state index contributed by atoms with van der Waals surface area (Å²) in [7, 11) is 1.60. The van der Waals surface area contributed by atoms with E-state index >= 15 is 0 Å². The summed E-state index contributed by atoms with van der Waals surface area (Å²) in [4.78, 5) is 31.6. The molecule has 2 amide bonds. The standard InChI is InChI=1S/C11H16N4O.C6H3F3.C4H6N2O/c1-12-11(16)9-7-10(14-8-13-9)15-5-3-2-4-6-15;7-4-1-2-5(8)6(9)3-4;7-4-6-3-1-2-5-6/h7-8H,2-6H2,1H3,(H,12,16);1-3H;2,4H,1,3H2. The quantitative estimate of drug-likeness (QED) is 0.574. The Hall–Kier alpha value is -3.50. The van der Waals surface area contributed by atoms with Crippen molar-refractivity contribution in [1.29, 1.82) is 0 Å². The molecule has 2 aliphatic rings. The molecule has 3 heterocycles. The van der Waals surface area contributed by atoms with Gasteiger partial charge in [-0.25, -0.2) is 28.1 Å². The number of benzene rings is 1. The predicted octanol–water partition coefficient (Wildman–Crippen LogP) is 2.76. The van der Waals surface area contributed by atoms with Crippen molar-refractivity contribution >= 4 is 24.3 Å². The highest BCUT2D eigenvalue weighted by atomic mass is 19.2. The van der Waals surface area contributed by atoms with Gasteiger partial charge < -0.3 is 10.2 Å². The van der Waals surface area contributed by atoms with E-state index in [1.165, 1.54) is 30.6 Å². The maximum absolute atomic E-state index is 12.0. The third-order valence-electron chi connectivity index (χ3n) is 4.51. The maximum Gasteiger partial charge on any atom is 0.269 e. The van der Waals surface area contributed by atoms with Crippen LogP contribution in [0.2, 0.25) is 0 Å². The number of hydrogen-bond donors (Lipinski definition) is 1. The molecule has 0 radical (unpaired) electrons. The first kappa shape index (κ1) is 24.8. The summed E-state index contributed by atoms with van der Waals surface area (Å²) in [6.07, 6.45) is 8.48. The number of carbonyl (C=O) groups is 2. The van der Waals surface area contributed by atoms with Crippen LogP contribution in [-0.2, 0) is 4.79 Å². The fraction of sp³-hybridized carbons (Fsp3) is 0.381. The molecule has 0 bridgehead atoms. The SMILES string of the molecule is CNC(=O)c1cc(N2CCCCC2)ncn1.Fc1ccc(F)c(F)c1.O=CN1CCC=N1. The summed E-state index contributed by atoms with van der Waals surface area (Å²) >= 11 is 0. The average molecular weight is 450 g/mol. The number of anilines is 1. The van der Waals surface area contributed by atoms with Gasteiger partial charge in [0, 0.05) is 51.5 Å². The number of rotatable bonds is 3. The van der Waals surface area contributed by atoms with Gasteiger partial charge in [0.1, 0.15) is 23.7 Å². The highest BCUT2D eigenvalue weighted by Crippen LogP contribution is 2.17. The lowest BCUT2D eigenvalue weighted by atomic mass is 10.1. The summed E-state index contributed by atoms with van der Waals surface area (Å²) in [5.74, 6) is -2.27. The van der Waals surface area contributed by atoms with Crippen molar-refractivity contribution in [1.82, 2.24) is 20.3 Å². The molecule has 1 aromatic carbocycles. The van der Waals surface area contributed by atoms with Crippen LogP contribution in [0.5, 0.6) is 0 Å². The number of piperidine rings is 1. The Morgan fingerprint density at radius 1 is 1.03 bits per heavy atom. The molecule has 4 rings (SSSR count). The highest BCUT2D eigenvalue weighted by molar-refractivity contribution is 5.92. The van der Waals surface area contributed by atoms with Gasteiger partial charge in [-0.3, -0.25) is 9.59 Å². The van der Waals surface area contributed by atoms with E-state index in [9.17, 15) is 22.8 Å². The van der Waals surface area contributed by atoms with Crippen LogP contribution in [-0.4, -0.2) is 60.2 Å². The molecule has 8 nitrogen and oxygen atoms in total. The molecule has 2 aliphatic heterocycles. The van der Waals surface area contributed by atoms with Crippen LogP contribution in [0.1, 0.15) is 36.2 Å². The molecule has 0 saturated carbocycles. The Morgan fingerprint density at radius 2 is 1.78 bits per heavy atom. The summed E-state index contributed by atoms with van der Waals surface area (Å²) < 4.78 is 35.9. The van der Waals surface area contributed by atoms with E-state index in [0.29, 0.717) is 11.8 Å². The highest BCUT2D eigenvalue weighted by Gasteiger charge is 2.14. The Labute approximate surface area is 184 Å². The van der Waals surface area contributed by atoms with Gasteiger partial charge in [0.25, 0.3) is 5.91 Å². The molecule has 1 saturated heterocycles. The maximum atomic E-state index is 12.0. The van der Waals surface area contributed by atoms with Gasteiger partial charge in [-0.1, -0.05) is 0 Å². The normalized spacial score (nSPS) is 14.6. The van der Waals surface area contributed by atoms with Crippen LogP contribution in [0.25, 0.3) is 0 Å². The van der Waals surface area contributed by atoms with E-state index in [1.807, 2.05) is 0 Å². The van der Waals surface area contributed by atoms with Gasteiger partial charge in [0.05, 0.1) is 0 Å². The molecule has 1 N–H and O–H groups in total. The molecule has 32 heavy (non-hydrogen) atoms. The number of halogens is 3. The lowest BCUT2D eigenvalue weighted by Crippen LogP contribution is -2.30. The van der Waals surface area contributed by atoms with Crippen LogP contribution < -0.4 is 10.2 Å². The fourth-order valence-electron chi connectivity index (χ4n) is 2.86. The van der Waals surface area contributed by atoms with Gasteiger partial charge in [-0.15, -0.1) is 0 Å². The second-order valence-electron chi connectivity index (χ2n) is 6.80. The summed E-state index contributed by atoms with van der Waals surface area (Å²) in [6.45, 7) is 2.79. The molecule has 2 aromatic rings. The summed E-state index contributed by atoms with van der Waals surface area (Å²) in [5.41, 5.74) is 0.429. The van der Waals surface area contributed by atoms with Crippen LogP contribution in [0.3, 0.4) is 0 Å². The zero-order valence-corrected chi connectivity index (χ0v) is 17.7. The fourth-order valence-corrected chi connectivity index (χ4v) is 2.86. The van der Waals surface area contributed by atoms with E-state index in [4.69, 9.17) is 0 Å². The number of hydrogen-bond acceptors (Lipinski definition) is 6. The van der Waals surface area contributed by atoms with Crippen molar-refractivity contribution in [3.8, 4) is 0 Å². The molecule has 11 heteroatoms. The Bertz CT molecular complexity index is 922. The van der Waals surface area contributed by atoms with Gasteiger partial charge in [-0.05, 0) is 31.4 Å². The van der Waals surface area contributed by atoms with Crippen molar-refractivity contribution in [2.45, 2.75) is 25.7 Å². The van der Waals surface area contributed by atoms with E-state index in [0.717, 1.165) is 50.4 Å². The van der Waals surface area contributed by atoms with Crippen LogP contribution in [0.15, 0.2) is 35.7 Å². The lowest BCUT2D eigenvalue weighted by molar-refractivity contribution is -0.117. The van der Waals surface area contributed by atoms with Crippen molar-refractivity contribution < 1.29 is 22.8 Å². The number of hydrazone groups is 1. The molecule has 172 valence electrons. The molecular formula is C21H25F3N6O2. The third-order valence-corrected chi connectivity index (χ3v) is 4.51. The molecule has 0 aliphatic carbocycles. The minimum Gasteiger partial charge on any atom is -0.357 e. The first-order valence-corrected chi connectivity index (χ1v) is 10.1. The predicted molar refractivity (Wildman–Crippen MR) is 114 cm³/mol. The van der Waals surface area contributed by atoms with E-state index in [1.54, 1.807) is 19.3 Å². The molecule has 0 spiro atoms. The average Bonchev–Trinajstić information content (AvgIpc) is 3.37. The minimum absolute atomic E-state index is 0.166. The second kappa shape index (κ2) is 13.0. The smallest absolute Gasteiger partial charge is 0.269 e. The number of carbonyl (C=O) groups excluding carboxylic acids is 2. The van der Waals surface area contributed by atoms with E-state index in [2.05, 4.69) is 25.3 Å². The zero-order valence-electron chi connectivity index (χ0n) is 17.7. The van der Waals surface area contributed by atoms with Gasteiger partial charge in [-0.2, -0.15) is 5.10 Å².